The Balaban J connectivity index is 2.10. The summed E-state index contributed by atoms with van der Waals surface area (Å²) in [5.74, 6) is -0.863. The zero-order valence-electron chi connectivity index (χ0n) is 15.3. The predicted octanol–water partition coefficient (Wildman–Crippen LogP) is 2.22. The monoisotopic (exact) mass is 409 g/mol. The van der Waals surface area contributed by atoms with E-state index in [4.69, 9.17) is 10.5 Å². The van der Waals surface area contributed by atoms with Gasteiger partial charge in [-0.3, -0.25) is 0 Å². The number of hydrogen-bond acceptors (Lipinski definition) is 9. The van der Waals surface area contributed by atoms with Crippen LogP contribution in [0.1, 0.15) is 36.1 Å². The van der Waals surface area contributed by atoms with Gasteiger partial charge < -0.3 is 10.5 Å². The minimum atomic E-state index is -4.09. The third-order valence-corrected chi connectivity index (χ3v) is 6.40. The molecule has 0 unspecified atom stereocenters. The molecule has 144 valence electrons. The summed E-state index contributed by atoms with van der Waals surface area (Å²) < 4.78 is 31.8. The Morgan fingerprint density at radius 1 is 1.30 bits per heavy atom. The summed E-state index contributed by atoms with van der Waals surface area (Å²) in [6.07, 6.45) is 0. The highest BCUT2D eigenvalue weighted by Gasteiger charge is 2.29. The Morgan fingerprint density at radius 3 is 2.59 bits per heavy atom. The van der Waals surface area contributed by atoms with Crippen molar-refractivity contribution in [2.45, 2.75) is 32.0 Å². The van der Waals surface area contributed by atoms with Crippen LogP contribution in [0, 0.1) is 12.3 Å². The molecule has 0 aliphatic heterocycles. The second kappa shape index (κ2) is 6.57. The Hall–Kier alpha value is -2.53. The minimum Gasteiger partial charge on any atom is -0.461 e. The van der Waals surface area contributed by atoms with Crippen molar-refractivity contribution in [2.24, 2.45) is 5.41 Å². The molecule has 0 fully saturated rings. The maximum absolute atomic E-state index is 12.9. The van der Waals surface area contributed by atoms with E-state index in [0.717, 1.165) is 15.3 Å². The molecule has 2 heterocycles. The average Bonchev–Trinajstić information content (AvgIpc) is 3.14. The molecule has 0 spiro atoms. The van der Waals surface area contributed by atoms with Gasteiger partial charge in [0.25, 0.3) is 14.4 Å². The van der Waals surface area contributed by atoms with Gasteiger partial charge in [0.1, 0.15) is 10.5 Å². The summed E-state index contributed by atoms with van der Waals surface area (Å²) in [4.78, 5) is 16.6. The molecule has 0 bridgehead atoms. The summed E-state index contributed by atoms with van der Waals surface area (Å²) in [7, 11) is -4.09. The van der Waals surface area contributed by atoms with E-state index in [2.05, 4.69) is 15.2 Å². The Bertz CT molecular complexity index is 1130. The van der Waals surface area contributed by atoms with Crippen molar-refractivity contribution >= 4 is 44.3 Å². The van der Waals surface area contributed by atoms with E-state index in [0.29, 0.717) is 5.01 Å². The van der Waals surface area contributed by atoms with Gasteiger partial charge in [0.15, 0.2) is 0 Å². The number of imidazole rings is 1. The lowest BCUT2D eigenvalue weighted by molar-refractivity contribution is 0.0369. The van der Waals surface area contributed by atoms with Crippen molar-refractivity contribution < 1.29 is 17.9 Å². The molecule has 0 saturated carbocycles. The van der Waals surface area contributed by atoms with Gasteiger partial charge >= 0.3 is 5.97 Å². The average molecular weight is 409 g/mol. The smallest absolute Gasteiger partial charge is 0.340 e. The van der Waals surface area contributed by atoms with Crippen LogP contribution in [0.15, 0.2) is 22.5 Å². The third-order valence-electron chi connectivity index (χ3n) is 3.49. The SMILES string of the molecule is Cc1nnc(S(=O)(=O)n2c(N)nc3c(C(=O)OCC(C)(C)C)cccc32)s1. The molecule has 3 rings (SSSR count). The molecule has 0 radical (unpaired) electrons. The van der Waals surface area contributed by atoms with Gasteiger partial charge in [0.2, 0.25) is 5.95 Å². The van der Waals surface area contributed by atoms with E-state index in [1.54, 1.807) is 13.0 Å². The summed E-state index contributed by atoms with van der Waals surface area (Å²) in [6.45, 7) is 7.66. The normalized spacial score (nSPS) is 12.4. The van der Waals surface area contributed by atoms with Gasteiger partial charge in [0.05, 0.1) is 17.7 Å². The molecule has 11 heteroatoms. The van der Waals surface area contributed by atoms with Gasteiger partial charge in [-0.15, -0.1) is 10.2 Å². The van der Waals surface area contributed by atoms with Crippen LogP contribution in [0.4, 0.5) is 5.95 Å². The number of benzene rings is 1. The van der Waals surface area contributed by atoms with E-state index in [9.17, 15) is 13.2 Å². The second-order valence-electron chi connectivity index (χ2n) is 7.14. The maximum Gasteiger partial charge on any atom is 0.340 e. The summed E-state index contributed by atoms with van der Waals surface area (Å²) >= 11 is 0.926. The molecule has 27 heavy (non-hydrogen) atoms. The fourth-order valence-corrected chi connectivity index (χ4v) is 4.75. The lowest BCUT2D eigenvalue weighted by Gasteiger charge is -2.17. The highest BCUT2D eigenvalue weighted by molar-refractivity contribution is 7.92. The van der Waals surface area contributed by atoms with Crippen molar-refractivity contribution in [3.63, 3.8) is 0 Å². The van der Waals surface area contributed by atoms with Crippen LogP contribution >= 0.6 is 11.3 Å². The largest absolute Gasteiger partial charge is 0.461 e. The number of nitrogens with two attached hydrogens (primary N) is 1. The number of aryl methyl sites for hydroxylation is 1. The number of fused-ring (bicyclic) bond motifs is 1. The van der Waals surface area contributed by atoms with Crippen LogP contribution in [0.2, 0.25) is 0 Å². The first-order chi connectivity index (χ1) is 12.5. The van der Waals surface area contributed by atoms with Gasteiger partial charge in [-0.2, -0.15) is 12.4 Å². The molecule has 3 aromatic rings. The second-order valence-corrected chi connectivity index (χ2v) is 10.3. The van der Waals surface area contributed by atoms with Crippen molar-refractivity contribution in [2.75, 3.05) is 12.3 Å². The van der Waals surface area contributed by atoms with Crippen molar-refractivity contribution in [3.8, 4) is 0 Å². The molecule has 0 atom stereocenters. The molecular formula is C16H19N5O4S2. The number of carbonyl (C=O) groups excluding carboxylic acids is 1. The molecule has 2 N–H and O–H groups in total. The van der Waals surface area contributed by atoms with E-state index < -0.39 is 16.0 Å². The molecule has 0 aliphatic rings. The summed E-state index contributed by atoms with van der Waals surface area (Å²) in [5, 5.41) is 7.93. The molecule has 0 saturated heterocycles. The fourth-order valence-electron chi connectivity index (χ4n) is 2.33. The minimum absolute atomic E-state index is 0.144. The molecule has 0 amide bonds. The van der Waals surface area contributed by atoms with Crippen LogP contribution in [-0.4, -0.2) is 40.1 Å². The molecule has 1 aromatic carbocycles. The van der Waals surface area contributed by atoms with Crippen molar-refractivity contribution in [1.29, 1.82) is 0 Å². The van der Waals surface area contributed by atoms with Gasteiger partial charge in [-0.25, -0.2) is 9.78 Å². The first kappa shape index (κ1) is 19.2. The number of hydrogen-bond donors (Lipinski definition) is 1. The molecule has 9 nitrogen and oxygen atoms in total. The van der Waals surface area contributed by atoms with E-state index >= 15 is 0 Å². The summed E-state index contributed by atoms with van der Waals surface area (Å²) in [5.41, 5.74) is 6.13. The zero-order chi connectivity index (χ0) is 20.0. The van der Waals surface area contributed by atoms with E-state index in [1.165, 1.54) is 12.1 Å². The topological polar surface area (TPSA) is 130 Å². The number of nitrogens with zero attached hydrogens (tertiary/aromatic N) is 4. The van der Waals surface area contributed by atoms with Gasteiger partial charge in [-0.05, 0) is 24.5 Å². The van der Waals surface area contributed by atoms with E-state index in [-0.39, 0.29) is 38.9 Å². The predicted molar refractivity (Wildman–Crippen MR) is 101 cm³/mol. The Labute approximate surface area is 160 Å². The number of nitrogen functional groups attached to an aromatic ring is 1. The van der Waals surface area contributed by atoms with Gasteiger partial charge in [-0.1, -0.05) is 38.2 Å². The standard InChI is InChI=1S/C16H19N5O4S2/c1-9-19-20-15(26-9)27(23,24)21-11-7-5-6-10(12(11)18-14(21)17)13(22)25-8-16(2,3)4/h5-7H,8H2,1-4H3,(H2,17,18). The highest BCUT2D eigenvalue weighted by Crippen LogP contribution is 2.28. The van der Waals surface area contributed by atoms with E-state index in [1.807, 2.05) is 20.8 Å². The lowest BCUT2D eigenvalue weighted by atomic mass is 9.99. The number of rotatable bonds is 4. The van der Waals surface area contributed by atoms with Crippen molar-refractivity contribution in [3.05, 3.63) is 28.8 Å². The number of esters is 1. The number of anilines is 1. The quantitative estimate of drug-likeness (QED) is 0.649. The number of aromatic nitrogens is 4. The Morgan fingerprint density at radius 2 is 2.00 bits per heavy atom. The van der Waals surface area contributed by atoms with Crippen LogP contribution < -0.4 is 5.73 Å². The molecule has 0 aliphatic carbocycles. The van der Waals surface area contributed by atoms with Crippen LogP contribution in [0.3, 0.4) is 0 Å². The lowest BCUT2D eigenvalue weighted by Crippen LogP contribution is -2.18. The van der Waals surface area contributed by atoms with Crippen LogP contribution in [0.5, 0.6) is 0 Å². The number of carbonyl (C=O) groups is 1. The first-order valence-corrected chi connectivity index (χ1v) is 10.3. The zero-order valence-corrected chi connectivity index (χ0v) is 16.9. The highest BCUT2D eigenvalue weighted by atomic mass is 32.2. The number of para-hydroxylation sites is 1. The fraction of sp³-hybridized carbons (Fsp3) is 0.375. The maximum atomic E-state index is 12.9. The third kappa shape index (κ3) is 3.65. The summed E-state index contributed by atoms with van der Waals surface area (Å²) in [6, 6.07) is 4.59. The molecular weight excluding hydrogens is 390 g/mol. The Kier molecular flexibility index (Phi) is 4.68. The molecule has 2 aromatic heterocycles. The van der Waals surface area contributed by atoms with Gasteiger partial charge in [0, 0.05) is 0 Å². The van der Waals surface area contributed by atoms with Crippen molar-refractivity contribution in [1.82, 2.24) is 19.2 Å². The first-order valence-electron chi connectivity index (χ1n) is 8.00. The van der Waals surface area contributed by atoms with Crippen LogP contribution in [0.25, 0.3) is 11.0 Å². The number of ether oxygens (including phenoxy) is 1. The van der Waals surface area contributed by atoms with Crippen LogP contribution in [-0.2, 0) is 14.8 Å².